The van der Waals surface area contributed by atoms with Crippen LogP contribution in [0.1, 0.15) is 55.6 Å². The first kappa shape index (κ1) is 17.2. The molecule has 1 aliphatic carbocycles. The van der Waals surface area contributed by atoms with E-state index in [1.54, 1.807) is 16.2 Å². The number of hydrogen-bond acceptors (Lipinski definition) is 4. The molecule has 3 amide bonds. The van der Waals surface area contributed by atoms with Gasteiger partial charge >= 0.3 is 6.03 Å². The maximum Gasteiger partial charge on any atom is 0.318 e. The molecule has 1 aliphatic heterocycles. The number of nitrogens with zero attached hydrogens (tertiary/aromatic N) is 2. The molecule has 2 heterocycles. The van der Waals surface area contributed by atoms with Gasteiger partial charge in [-0.05, 0) is 32.6 Å². The highest BCUT2D eigenvalue weighted by Gasteiger charge is 2.34. The van der Waals surface area contributed by atoms with Gasteiger partial charge in [0.25, 0.3) is 0 Å². The number of carbonyl (C=O) groups is 2. The van der Waals surface area contributed by atoms with Crippen LogP contribution in [0.15, 0.2) is 5.38 Å². The maximum absolute atomic E-state index is 12.5. The molecule has 1 saturated carbocycles. The summed E-state index contributed by atoms with van der Waals surface area (Å²) < 4.78 is 0. The average Bonchev–Trinajstić information content (AvgIpc) is 3.22. The number of rotatable bonds is 4. The lowest BCUT2D eigenvalue weighted by molar-refractivity contribution is -0.124. The molecule has 2 aliphatic rings. The third-order valence-corrected chi connectivity index (χ3v) is 5.68. The summed E-state index contributed by atoms with van der Waals surface area (Å²) in [6, 6.07) is -0.161. The first-order valence-electron chi connectivity index (χ1n) is 8.89. The maximum atomic E-state index is 12.5. The molecule has 1 atom stereocenters. The van der Waals surface area contributed by atoms with Crippen LogP contribution in [0.5, 0.6) is 0 Å². The summed E-state index contributed by atoms with van der Waals surface area (Å²) in [6.07, 6.45) is 7.35. The molecule has 0 aromatic carbocycles. The summed E-state index contributed by atoms with van der Waals surface area (Å²) in [4.78, 5) is 31.1. The Labute approximate surface area is 147 Å². The van der Waals surface area contributed by atoms with Gasteiger partial charge in [-0.2, -0.15) is 0 Å². The molecule has 1 aromatic rings. The lowest BCUT2D eigenvalue weighted by atomic mass is 9.96. The highest BCUT2D eigenvalue weighted by Crippen LogP contribution is 2.21. The fourth-order valence-corrected chi connectivity index (χ4v) is 4.18. The molecule has 7 heteroatoms. The number of likely N-dealkylation sites (tertiary alicyclic amines) is 1. The van der Waals surface area contributed by atoms with Gasteiger partial charge < -0.3 is 15.5 Å². The van der Waals surface area contributed by atoms with E-state index in [4.69, 9.17) is 0 Å². The van der Waals surface area contributed by atoms with E-state index in [1.165, 1.54) is 19.3 Å². The second kappa shape index (κ2) is 7.96. The second-order valence-corrected chi connectivity index (χ2v) is 7.77. The zero-order chi connectivity index (χ0) is 16.9. The molecule has 1 unspecified atom stereocenters. The Kier molecular flexibility index (Phi) is 5.71. The fraction of sp³-hybridized carbons (Fsp3) is 0.706. The van der Waals surface area contributed by atoms with Crippen molar-refractivity contribution in [3.05, 3.63) is 16.1 Å². The Bertz CT molecular complexity index is 583. The standard InChI is InChI=1S/C17H26N4O2S/c1-12-19-14(11-24-12)10-18-16(22)15-8-5-9-21(15)17(23)20-13-6-3-2-4-7-13/h11,13,15H,2-10H2,1H3,(H,18,22)(H,20,23). The molecule has 2 N–H and O–H groups in total. The Morgan fingerprint density at radius 3 is 2.75 bits per heavy atom. The fourth-order valence-electron chi connectivity index (χ4n) is 3.57. The van der Waals surface area contributed by atoms with Crippen LogP contribution in [0.3, 0.4) is 0 Å². The molecule has 1 aromatic heterocycles. The van der Waals surface area contributed by atoms with Gasteiger partial charge in [0.1, 0.15) is 6.04 Å². The van der Waals surface area contributed by atoms with Gasteiger partial charge in [0.15, 0.2) is 0 Å². The van der Waals surface area contributed by atoms with Gasteiger partial charge in [-0.1, -0.05) is 19.3 Å². The zero-order valence-corrected chi connectivity index (χ0v) is 15.0. The summed E-state index contributed by atoms with van der Waals surface area (Å²) in [5.74, 6) is -0.0723. The molecule has 0 bridgehead atoms. The van der Waals surface area contributed by atoms with Crippen LogP contribution in [0.2, 0.25) is 0 Å². The van der Waals surface area contributed by atoms with Crippen molar-refractivity contribution in [2.45, 2.75) is 70.5 Å². The number of nitrogens with one attached hydrogen (secondary N) is 2. The largest absolute Gasteiger partial charge is 0.349 e. The van der Waals surface area contributed by atoms with Crippen LogP contribution in [-0.2, 0) is 11.3 Å². The third kappa shape index (κ3) is 4.26. The zero-order valence-electron chi connectivity index (χ0n) is 14.2. The number of thiazole rings is 1. The molecule has 0 spiro atoms. The molecular weight excluding hydrogens is 324 g/mol. The second-order valence-electron chi connectivity index (χ2n) is 6.71. The molecule has 1 saturated heterocycles. The molecule has 0 radical (unpaired) electrons. The molecular formula is C17H26N4O2S. The number of aryl methyl sites for hydroxylation is 1. The van der Waals surface area contributed by atoms with Crippen molar-refractivity contribution in [2.24, 2.45) is 0 Å². The summed E-state index contributed by atoms with van der Waals surface area (Å²) >= 11 is 1.58. The van der Waals surface area contributed by atoms with Crippen molar-refractivity contribution in [3.8, 4) is 0 Å². The van der Waals surface area contributed by atoms with Gasteiger partial charge in [0.2, 0.25) is 5.91 Å². The van der Waals surface area contributed by atoms with Crippen LogP contribution in [-0.4, -0.2) is 40.5 Å². The number of urea groups is 1. The molecule has 6 nitrogen and oxygen atoms in total. The van der Waals surface area contributed by atoms with Gasteiger partial charge in [-0.25, -0.2) is 9.78 Å². The van der Waals surface area contributed by atoms with Crippen LogP contribution in [0.4, 0.5) is 4.79 Å². The molecule has 132 valence electrons. The normalized spacial score (nSPS) is 21.7. The Morgan fingerprint density at radius 1 is 1.25 bits per heavy atom. The summed E-state index contributed by atoms with van der Waals surface area (Å²) in [5.41, 5.74) is 0.877. The van der Waals surface area contributed by atoms with Gasteiger partial charge in [-0.15, -0.1) is 11.3 Å². The number of aromatic nitrogens is 1. The van der Waals surface area contributed by atoms with E-state index in [0.717, 1.165) is 36.4 Å². The van der Waals surface area contributed by atoms with Crippen molar-refractivity contribution in [1.82, 2.24) is 20.5 Å². The van der Waals surface area contributed by atoms with Crippen molar-refractivity contribution in [2.75, 3.05) is 6.54 Å². The first-order valence-corrected chi connectivity index (χ1v) is 9.77. The molecule has 24 heavy (non-hydrogen) atoms. The van der Waals surface area contributed by atoms with E-state index in [1.807, 2.05) is 12.3 Å². The summed E-state index contributed by atoms with van der Waals surface area (Å²) in [7, 11) is 0. The topological polar surface area (TPSA) is 74.3 Å². The van der Waals surface area contributed by atoms with Crippen molar-refractivity contribution < 1.29 is 9.59 Å². The van der Waals surface area contributed by atoms with Crippen molar-refractivity contribution in [1.29, 1.82) is 0 Å². The molecule has 2 fully saturated rings. The summed E-state index contributed by atoms with van der Waals surface area (Å²) in [5, 5.41) is 9.00. The Morgan fingerprint density at radius 2 is 2.04 bits per heavy atom. The number of hydrogen-bond donors (Lipinski definition) is 2. The minimum Gasteiger partial charge on any atom is -0.349 e. The SMILES string of the molecule is Cc1nc(CNC(=O)C2CCCN2C(=O)NC2CCCCC2)cs1. The molecule has 3 rings (SSSR count). The third-order valence-electron chi connectivity index (χ3n) is 4.86. The minimum atomic E-state index is -0.353. The predicted molar refractivity (Wildman–Crippen MR) is 93.8 cm³/mol. The van der Waals surface area contributed by atoms with Crippen LogP contribution < -0.4 is 10.6 Å². The van der Waals surface area contributed by atoms with Gasteiger partial charge in [0.05, 0.1) is 17.2 Å². The predicted octanol–water partition coefficient (Wildman–Crippen LogP) is 2.57. The highest BCUT2D eigenvalue weighted by molar-refractivity contribution is 7.09. The van der Waals surface area contributed by atoms with Crippen LogP contribution in [0.25, 0.3) is 0 Å². The number of carbonyl (C=O) groups excluding carboxylic acids is 2. The quantitative estimate of drug-likeness (QED) is 0.876. The van der Waals surface area contributed by atoms with Gasteiger partial charge in [0, 0.05) is 18.0 Å². The smallest absolute Gasteiger partial charge is 0.318 e. The Hall–Kier alpha value is -1.63. The monoisotopic (exact) mass is 350 g/mol. The summed E-state index contributed by atoms with van der Waals surface area (Å²) in [6.45, 7) is 3.04. The highest BCUT2D eigenvalue weighted by atomic mass is 32.1. The first-order chi connectivity index (χ1) is 11.6. The lowest BCUT2D eigenvalue weighted by Gasteiger charge is -2.29. The van der Waals surface area contributed by atoms with E-state index in [-0.39, 0.29) is 24.0 Å². The van der Waals surface area contributed by atoms with E-state index >= 15 is 0 Å². The van der Waals surface area contributed by atoms with Crippen LogP contribution in [0, 0.1) is 6.92 Å². The van der Waals surface area contributed by atoms with E-state index < -0.39 is 0 Å². The average molecular weight is 350 g/mol. The van der Waals surface area contributed by atoms with E-state index in [2.05, 4.69) is 15.6 Å². The lowest BCUT2D eigenvalue weighted by Crippen LogP contribution is -2.51. The van der Waals surface area contributed by atoms with E-state index in [9.17, 15) is 9.59 Å². The Balaban J connectivity index is 1.51. The van der Waals surface area contributed by atoms with Gasteiger partial charge in [-0.3, -0.25) is 4.79 Å². The van der Waals surface area contributed by atoms with Crippen molar-refractivity contribution in [3.63, 3.8) is 0 Å². The van der Waals surface area contributed by atoms with E-state index in [0.29, 0.717) is 13.1 Å². The van der Waals surface area contributed by atoms with Crippen molar-refractivity contribution >= 4 is 23.3 Å². The van der Waals surface area contributed by atoms with Crippen LogP contribution >= 0.6 is 11.3 Å². The minimum absolute atomic E-state index is 0.0723. The number of amides is 3.